The molecule has 2 N–H and O–H groups in total. The summed E-state index contributed by atoms with van der Waals surface area (Å²) in [6.07, 6.45) is 3.92. The minimum Gasteiger partial charge on any atom is -0.504 e. The third-order valence-corrected chi connectivity index (χ3v) is 6.18. The molecule has 0 bridgehead atoms. The second kappa shape index (κ2) is 7.41. The number of methoxy groups -OCH3 is 1. The number of aromatic hydroxyl groups is 1. The summed E-state index contributed by atoms with van der Waals surface area (Å²) >= 11 is 0. The highest BCUT2D eigenvalue weighted by Crippen LogP contribution is 2.54. The zero-order valence-corrected chi connectivity index (χ0v) is 19.3. The maximum atomic E-state index is 14.9. The van der Waals surface area contributed by atoms with E-state index in [1.54, 1.807) is 37.3 Å². The first-order chi connectivity index (χ1) is 15.7. The first kappa shape index (κ1) is 21.1. The summed E-state index contributed by atoms with van der Waals surface area (Å²) in [5.74, 6) is 1.19. The van der Waals surface area contributed by atoms with Crippen molar-refractivity contribution in [1.82, 2.24) is 0 Å². The number of nitrogens with one attached hydrogen (secondary N) is 1. The normalized spacial score (nSPS) is 16.7. The Balaban J connectivity index is 1.85. The minimum absolute atomic E-state index is 0.0344. The number of phenols is 1. The van der Waals surface area contributed by atoms with E-state index in [0.717, 1.165) is 28.0 Å². The number of hydrogen-bond donors (Lipinski definition) is 2. The van der Waals surface area contributed by atoms with Crippen LogP contribution < -0.4 is 14.8 Å². The Morgan fingerprint density at radius 1 is 1.03 bits per heavy atom. The molecule has 168 valence electrons. The molecule has 0 aliphatic carbocycles. The van der Waals surface area contributed by atoms with Gasteiger partial charge in [-0.1, -0.05) is 30.3 Å². The third-order valence-electron chi connectivity index (χ3n) is 6.18. The number of phenolic OH excluding ortho intramolecular Hbond substituents is 1. The van der Waals surface area contributed by atoms with Crippen LogP contribution in [0.3, 0.4) is 0 Å². The summed E-state index contributed by atoms with van der Waals surface area (Å²) in [7, 11) is 1.52. The third kappa shape index (κ3) is 3.35. The molecule has 5 heteroatoms. The lowest BCUT2D eigenvalue weighted by Crippen LogP contribution is -2.32. The van der Waals surface area contributed by atoms with Crippen LogP contribution in [-0.4, -0.2) is 17.8 Å². The molecule has 0 unspecified atom stereocenters. The van der Waals surface area contributed by atoms with Gasteiger partial charge in [-0.25, -0.2) is 4.39 Å². The molecule has 2 aliphatic rings. The van der Waals surface area contributed by atoms with Gasteiger partial charge in [0.15, 0.2) is 11.5 Å². The Kier molecular flexibility index (Phi) is 4.74. The second-order valence-corrected chi connectivity index (χ2v) is 9.16. The molecule has 0 aromatic heterocycles. The Hall–Kier alpha value is -3.73. The number of allylic oxidation sites excluding steroid dienone is 1. The van der Waals surface area contributed by atoms with E-state index in [0.29, 0.717) is 33.9 Å². The van der Waals surface area contributed by atoms with Crippen LogP contribution in [0.4, 0.5) is 10.1 Å². The van der Waals surface area contributed by atoms with Crippen molar-refractivity contribution in [3.8, 4) is 28.4 Å². The van der Waals surface area contributed by atoms with Crippen molar-refractivity contribution < 1.29 is 19.0 Å². The number of benzene rings is 3. The van der Waals surface area contributed by atoms with Gasteiger partial charge in [0.1, 0.15) is 17.3 Å². The molecule has 0 spiro atoms. The van der Waals surface area contributed by atoms with Crippen LogP contribution in [0.5, 0.6) is 17.2 Å². The van der Waals surface area contributed by atoms with Crippen LogP contribution in [0.2, 0.25) is 0 Å². The van der Waals surface area contributed by atoms with Crippen LogP contribution >= 0.6 is 0 Å². The van der Waals surface area contributed by atoms with Crippen molar-refractivity contribution in [2.45, 2.75) is 33.2 Å². The van der Waals surface area contributed by atoms with Gasteiger partial charge >= 0.3 is 0 Å². The van der Waals surface area contributed by atoms with Crippen LogP contribution in [0.1, 0.15) is 43.0 Å². The summed E-state index contributed by atoms with van der Waals surface area (Å²) in [6.45, 7) is 8.05. The lowest BCUT2D eigenvalue weighted by atomic mass is 9.82. The Morgan fingerprint density at radius 3 is 2.58 bits per heavy atom. The van der Waals surface area contributed by atoms with Crippen molar-refractivity contribution in [1.29, 1.82) is 0 Å². The number of hydrogen-bond acceptors (Lipinski definition) is 4. The van der Waals surface area contributed by atoms with Gasteiger partial charge in [-0.3, -0.25) is 0 Å². The molecular weight excluding hydrogens is 417 g/mol. The van der Waals surface area contributed by atoms with Crippen molar-refractivity contribution in [3.63, 3.8) is 0 Å². The van der Waals surface area contributed by atoms with Crippen LogP contribution in [0, 0.1) is 12.7 Å². The molecule has 0 saturated carbocycles. The summed E-state index contributed by atoms with van der Waals surface area (Å²) < 4.78 is 26.9. The standard InChI is InChI=1S/C28H26FNO3/c1-15-7-6-8-17(26(15)29)13-22-24-18(25-21(33-22)12-11-20(31)27(25)32-5)9-10-19-23(24)16(2)14-28(3,4)30-19/h6-14,30-31H,1-5H3. The number of ether oxygens (including phenoxy) is 2. The average Bonchev–Trinajstić information content (AvgIpc) is 2.75. The monoisotopic (exact) mass is 443 g/mol. The molecule has 5 rings (SSSR count). The molecule has 2 aliphatic heterocycles. The highest BCUT2D eigenvalue weighted by atomic mass is 19.1. The van der Waals surface area contributed by atoms with Crippen LogP contribution in [0.15, 0.2) is 48.5 Å². The molecule has 0 saturated heterocycles. The van der Waals surface area contributed by atoms with Gasteiger partial charge in [0, 0.05) is 27.9 Å². The van der Waals surface area contributed by atoms with Gasteiger partial charge in [0.25, 0.3) is 0 Å². The Labute approximate surface area is 193 Å². The van der Waals surface area contributed by atoms with E-state index in [-0.39, 0.29) is 17.1 Å². The second-order valence-electron chi connectivity index (χ2n) is 9.16. The maximum absolute atomic E-state index is 14.9. The maximum Gasteiger partial charge on any atom is 0.172 e. The van der Waals surface area contributed by atoms with Crippen LogP contribution in [-0.2, 0) is 0 Å². The van der Waals surface area contributed by atoms with E-state index in [4.69, 9.17) is 9.47 Å². The molecule has 0 radical (unpaired) electrons. The van der Waals surface area contributed by atoms with E-state index in [1.165, 1.54) is 7.11 Å². The van der Waals surface area contributed by atoms with Crippen molar-refractivity contribution in [2.24, 2.45) is 0 Å². The lowest BCUT2D eigenvalue weighted by molar-refractivity contribution is 0.371. The van der Waals surface area contributed by atoms with E-state index in [2.05, 4.69) is 32.2 Å². The predicted molar refractivity (Wildman–Crippen MR) is 131 cm³/mol. The highest BCUT2D eigenvalue weighted by molar-refractivity contribution is 6.02. The van der Waals surface area contributed by atoms with Gasteiger partial charge in [-0.2, -0.15) is 0 Å². The van der Waals surface area contributed by atoms with Crippen molar-refractivity contribution >= 4 is 23.1 Å². The Morgan fingerprint density at radius 2 is 1.82 bits per heavy atom. The van der Waals surface area contributed by atoms with Crippen LogP contribution in [0.25, 0.3) is 28.5 Å². The zero-order valence-electron chi connectivity index (χ0n) is 19.3. The molecule has 3 aromatic carbocycles. The lowest BCUT2D eigenvalue weighted by Gasteiger charge is -2.35. The van der Waals surface area contributed by atoms with Gasteiger partial charge in [-0.15, -0.1) is 0 Å². The zero-order chi connectivity index (χ0) is 23.5. The minimum atomic E-state index is -0.277. The number of rotatable bonds is 2. The van der Waals surface area contributed by atoms with Crippen molar-refractivity contribution in [2.75, 3.05) is 12.4 Å². The number of halogens is 1. The van der Waals surface area contributed by atoms with Crippen molar-refractivity contribution in [3.05, 3.63) is 76.6 Å². The van der Waals surface area contributed by atoms with E-state index < -0.39 is 0 Å². The van der Waals surface area contributed by atoms with E-state index >= 15 is 0 Å². The molecule has 2 heterocycles. The number of aryl methyl sites for hydroxylation is 1. The molecule has 0 fully saturated rings. The fourth-order valence-corrected chi connectivity index (χ4v) is 4.87. The topological polar surface area (TPSA) is 50.7 Å². The quantitative estimate of drug-likeness (QED) is 0.447. The first-order valence-electron chi connectivity index (χ1n) is 10.9. The SMILES string of the molecule is COc1c(O)ccc2c1-c1ccc3c(c1C(=Cc1cccc(C)c1F)O2)C(C)=CC(C)(C)N3. The molecule has 0 amide bonds. The average molecular weight is 444 g/mol. The summed E-state index contributed by atoms with van der Waals surface area (Å²) in [5, 5.41) is 14.0. The molecular formula is C28H26FNO3. The summed E-state index contributed by atoms with van der Waals surface area (Å²) in [5.41, 5.74) is 6.24. The Bertz CT molecular complexity index is 1370. The number of fused-ring (bicyclic) bond motifs is 5. The largest absolute Gasteiger partial charge is 0.504 e. The predicted octanol–water partition coefficient (Wildman–Crippen LogP) is 7.01. The highest BCUT2D eigenvalue weighted by Gasteiger charge is 2.33. The molecule has 4 nitrogen and oxygen atoms in total. The van der Waals surface area contributed by atoms with Gasteiger partial charge in [0.2, 0.25) is 0 Å². The van der Waals surface area contributed by atoms with E-state index in [9.17, 15) is 9.50 Å². The fraction of sp³-hybridized carbons (Fsp3) is 0.214. The molecule has 33 heavy (non-hydrogen) atoms. The van der Waals surface area contributed by atoms with Gasteiger partial charge in [0.05, 0.1) is 18.2 Å². The summed E-state index contributed by atoms with van der Waals surface area (Å²) in [4.78, 5) is 0. The summed E-state index contributed by atoms with van der Waals surface area (Å²) in [6, 6.07) is 12.6. The number of anilines is 1. The fourth-order valence-electron chi connectivity index (χ4n) is 4.87. The first-order valence-corrected chi connectivity index (χ1v) is 10.9. The van der Waals surface area contributed by atoms with E-state index in [1.807, 2.05) is 18.2 Å². The smallest absolute Gasteiger partial charge is 0.172 e. The van der Waals surface area contributed by atoms with Gasteiger partial charge in [-0.05, 0) is 63.1 Å². The van der Waals surface area contributed by atoms with Gasteiger partial charge < -0.3 is 19.9 Å². The molecule has 0 atom stereocenters. The molecule has 3 aromatic rings.